The van der Waals surface area contributed by atoms with Crippen molar-refractivity contribution in [3.05, 3.63) is 64.9 Å². The molecule has 3 nitrogen and oxygen atoms in total. The van der Waals surface area contributed by atoms with Gasteiger partial charge in [-0.25, -0.2) is 4.39 Å². The second-order valence-corrected chi connectivity index (χ2v) is 6.98. The molecule has 24 heavy (non-hydrogen) atoms. The number of hydrogen-bond donors (Lipinski definition) is 1. The van der Waals surface area contributed by atoms with E-state index in [1.807, 2.05) is 6.07 Å². The summed E-state index contributed by atoms with van der Waals surface area (Å²) in [7, 11) is 0. The second-order valence-electron chi connectivity index (χ2n) is 6.54. The minimum absolute atomic E-state index is 0.0207. The van der Waals surface area contributed by atoms with Crippen molar-refractivity contribution in [2.45, 2.75) is 37.8 Å². The average molecular weight is 348 g/mol. The molecule has 0 aromatic heterocycles. The van der Waals surface area contributed by atoms with Crippen LogP contribution in [0, 0.1) is 5.82 Å². The Morgan fingerprint density at radius 2 is 1.96 bits per heavy atom. The molecule has 2 aromatic rings. The number of carbonyl (C=O) groups is 1. The Kier molecular flexibility index (Phi) is 4.50. The van der Waals surface area contributed by atoms with Crippen molar-refractivity contribution in [3.63, 3.8) is 0 Å². The molecule has 0 heterocycles. The van der Waals surface area contributed by atoms with E-state index in [-0.39, 0.29) is 23.7 Å². The van der Waals surface area contributed by atoms with Crippen LogP contribution in [-0.2, 0) is 4.79 Å². The number of hydrogen-bond acceptors (Lipinski definition) is 2. The lowest BCUT2D eigenvalue weighted by Crippen LogP contribution is -2.47. The van der Waals surface area contributed by atoms with Crippen LogP contribution in [0.1, 0.15) is 31.7 Å². The van der Waals surface area contributed by atoms with E-state index < -0.39 is 5.60 Å². The molecule has 1 aliphatic rings. The number of amides is 1. The van der Waals surface area contributed by atoms with Crippen LogP contribution in [0.2, 0.25) is 5.02 Å². The summed E-state index contributed by atoms with van der Waals surface area (Å²) in [6.45, 7) is 3.44. The van der Waals surface area contributed by atoms with Gasteiger partial charge in [-0.05, 0) is 62.2 Å². The highest BCUT2D eigenvalue weighted by molar-refractivity contribution is 6.30. The van der Waals surface area contributed by atoms with Crippen LogP contribution in [0.4, 0.5) is 4.39 Å². The first-order valence-electron chi connectivity index (χ1n) is 7.86. The monoisotopic (exact) mass is 347 g/mol. The average Bonchev–Trinajstić information content (AvgIpc) is 3.28. The van der Waals surface area contributed by atoms with Crippen molar-refractivity contribution in [1.29, 1.82) is 0 Å². The van der Waals surface area contributed by atoms with Gasteiger partial charge in [0.05, 0.1) is 0 Å². The number of nitrogens with one attached hydrogen (secondary N) is 1. The molecule has 1 N–H and O–H groups in total. The van der Waals surface area contributed by atoms with Crippen molar-refractivity contribution >= 4 is 17.5 Å². The highest BCUT2D eigenvalue weighted by atomic mass is 35.5. The summed E-state index contributed by atoms with van der Waals surface area (Å²) < 4.78 is 19.1. The Labute approximate surface area is 145 Å². The van der Waals surface area contributed by atoms with Crippen LogP contribution < -0.4 is 10.1 Å². The van der Waals surface area contributed by atoms with Gasteiger partial charge in [-0.3, -0.25) is 4.79 Å². The normalized spacial score (nSPS) is 19.7. The summed E-state index contributed by atoms with van der Waals surface area (Å²) in [5.74, 6) is 0.297. The topological polar surface area (TPSA) is 38.3 Å². The molecule has 0 radical (unpaired) electrons. The van der Waals surface area contributed by atoms with Gasteiger partial charge in [-0.2, -0.15) is 0 Å². The lowest BCUT2D eigenvalue weighted by molar-refractivity contribution is -0.134. The van der Waals surface area contributed by atoms with Crippen molar-refractivity contribution in [2.75, 3.05) is 0 Å². The lowest BCUT2D eigenvalue weighted by Gasteiger charge is -2.25. The summed E-state index contributed by atoms with van der Waals surface area (Å²) in [4.78, 5) is 12.5. The summed E-state index contributed by atoms with van der Waals surface area (Å²) in [6.07, 6.45) is 0.812. The smallest absolute Gasteiger partial charge is 0.263 e. The Bertz CT molecular complexity index is 745. The first kappa shape index (κ1) is 16.8. The molecular formula is C19H19ClFNO2. The summed E-state index contributed by atoms with van der Waals surface area (Å²) in [6, 6.07) is 13.4. The van der Waals surface area contributed by atoms with Crippen LogP contribution in [0.25, 0.3) is 0 Å². The van der Waals surface area contributed by atoms with Crippen molar-refractivity contribution in [1.82, 2.24) is 5.32 Å². The SMILES string of the molecule is CC(C)(Oc1ccc(Cl)cc1)C(=O)NC1CC1c1cccc(F)c1. The van der Waals surface area contributed by atoms with E-state index >= 15 is 0 Å². The van der Waals surface area contributed by atoms with Gasteiger partial charge in [0.25, 0.3) is 5.91 Å². The number of ether oxygens (including phenoxy) is 1. The van der Waals surface area contributed by atoms with E-state index in [4.69, 9.17) is 16.3 Å². The van der Waals surface area contributed by atoms with E-state index in [2.05, 4.69) is 5.32 Å². The molecule has 0 bridgehead atoms. The molecule has 0 aliphatic heterocycles. The maximum Gasteiger partial charge on any atom is 0.263 e. The summed E-state index contributed by atoms with van der Waals surface area (Å²) >= 11 is 5.85. The molecular weight excluding hydrogens is 329 g/mol. The molecule has 1 saturated carbocycles. The minimum atomic E-state index is -1.01. The Morgan fingerprint density at radius 1 is 1.25 bits per heavy atom. The highest BCUT2D eigenvalue weighted by Gasteiger charge is 2.42. The number of rotatable bonds is 5. The zero-order chi connectivity index (χ0) is 17.3. The fourth-order valence-electron chi connectivity index (χ4n) is 2.65. The van der Waals surface area contributed by atoms with Crippen molar-refractivity contribution < 1.29 is 13.9 Å². The molecule has 2 atom stereocenters. The van der Waals surface area contributed by atoms with Crippen LogP contribution >= 0.6 is 11.6 Å². The molecule has 3 rings (SSSR count). The van der Waals surface area contributed by atoms with E-state index in [1.54, 1.807) is 44.2 Å². The lowest BCUT2D eigenvalue weighted by atomic mass is 10.1. The number of benzene rings is 2. The van der Waals surface area contributed by atoms with Gasteiger partial charge in [-0.1, -0.05) is 23.7 Å². The van der Waals surface area contributed by atoms with Gasteiger partial charge in [0.1, 0.15) is 11.6 Å². The zero-order valence-electron chi connectivity index (χ0n) is 13.6. The fraction of sp³-hybridized carbons (Fsp3) is 0.316. The number of carbonyl (C=O) groups excluding carboxylic acids is 1. The molecule has 1 amide bonds. The van der Waals surface area contributed by atoms with Crippen LogP contribution in [0.15, 0.2) is 48.5 Å². The van der Waals surface area contributed by atoms with E-state index in [0.29, 0.717) is 10.8 Å². The predicted molar refractivity (Wildman–Crippen MR) is 91.8 cm³/mol. The summed E-state index contributed by atoms with van der Waals surface area (Å²) in [5.41, 5.74) is -0.0974. The largest absolute Gasteiger partial charge is 0.478 e. The zero-order valence-corrected chi connectivity index (χ0v) is 14.3. The number of halogens is 2. The van der Waals surface area contributed by atoms with Gasteiger partial charge < -0.3 is 10.1 Å². The van der Waals surface area contributed by atoms with Gasteiger partial charge in [-0.15, -0.1) is 0 Å². The first-order chi connectivity index (χ1) is 11.3. The van der Waals surface area contributed by atoms with Gasteiger partial charge in [0.15, 0.2) is 5.60 Å². The molecule has 2 aromatic carbocycles. The minimum Gasteiger partial charge on any atom is -0.478 e. The molecule has 5 heteroatoms. The van der Waals surface area contributed by atoms with E-state index in [0.717, 1.165) is 12.0 Å². The second kappa shape index (κ2) is 6.44. The first-order valence-corrected chi connectivity index (χ1v) is 8.24. The van der Waals surface area contributed by atoms with E-state index in [9.17, 15) is 9.18 Å². The van der Waals surface area contributed by atoms with Crippen LogP contribution in [0.3, 0.4) is 0 Å². The molecule has 126 valence electrons. The quantitative estimate of drug-likeness (QED) is 0.875. The van der Waals surface area contributed by atoms with Gasteiger partial charge in [0, 0.05) is 17.0 Å². The summed E-state index contributed by atoms with van der Waals surface area (Å²) in [5, 5.41) is 3.59. The maximum absolute atomic E-state index is 13.3. The van der Waals surface area contributed by atoms with Gasteiger partial charge >= 0.3 is 0 Å². The van der Waals surface area contributed by atoms with Crippen LogP contribution in [-0.4, -0.2) is 17.6 Å². The molecule has 1 fully saturated rings. The third-order valence-electron chi connectivity index (χ3n) is 4.12. The molecule has 1 aliphatic carbocycles. The maximum atomic E-state index is 13.3. The Morgan fingerprint density at radius 3 is 2.62 bits per heavy atom. The molecule has 0 saturated heterocycles. The Hall–Kier alpha value is -2.07. The highest BCUT2D eigenvalue weighted by Crippen LogP contribution is 2.41. The van der Waals surface area contributed by atoms with Crippen molar-refractivity contribution in [2.24, 2.45) is 0 Å². The third-order valence-corrected chi connectivity index (χ3v) is 4.37. The predicted octanol–water partition coefficient (Wildman–Crippen LogP) is 4.31. The third kappa shape index (κ3) is 3.88. The Balaban J connectivity index is 1.59. The van der Waals surface area contributed by atoms with Gasteiger partial charge in [0.2, 0.25) is 0 Å². The molecule has 2 unspecified atom stereocenters. The standard InChI is InChI=1S/C19H19ClFNO2/c1-19(2,24-15-8-6-13(20)7-9-15)18(23)22-17-11-16(17)12-4-3-5-14(21)10-12/h3-10,16-17H,11H2,1-2H3,(H,22,23). The van der Waals surface area contributed by atoms with Crippen molar-refractivity contribution in [3.8, 4) is 5.75 Å². The van der Waals surface area contributed by atoms with E-state index in [1.165, 1.54) is 12.1 Å². The van der Waals surface area contributed by atoms with Crippen LogP contribution in [0.5, 0.6) is 5.75 Å². The molecule has 0 spiro atoms. The fourth-order valence-corrected chi connectivity index (χ4v) is 2.77.